The monoisotopic (exact) mass is 240 g/mol. The molecule has 0 aromatic heterocycles. The molecule has 18 heavy (non-hydrogen) atoms. The number of ether oxygens (including phenoxy) is 1. The van der Waals surface area contributed by atoms with Gasteiger partial charge < -0.3 is 4.74 Å². The number of benzene rings is 2. The molecule has 0 heterocycles. The van der Waals surface area contributed by atoms with E-state index in [0.717, 1.165) is 6.42 Å². The average Bonchev–Trinajstić information content (AvgIpc) is 2.40. The summed E-state index contributed by atoms with van der Waals surface area (Å²) in [6.45, 7) is 2.47. The molecular formula is C16H16O2. The quantitative estimate of drug-likeness (QED) is 0.766. The molecule has 0 spiro atoms. The topological polar surface area (TPSA) is 26.3 Å². The van der Waals surface area contributed by atoms with Gasteiger partial charge in [-0.05, 0) is 24.6 Å². The van der Waals surface area contributed by atoms with Crippen molar-refractivity contribution in [2.75, 3.05) is 6.61 Å². The molecule has 2 rings (SSSR count). The first-order chi connectivity index (χ1) is 8.75. The van der Waals surface area contributed by atoms with Crippen molar-refractivity contribution in [3.63, 3.8) is 0 Å². The van der Waals surface area contributed by atoms with Gasteiger partial charge in [-0.2, -0.15) is 0 Å². The summed E-state index contributed by atoms with van der Waals surface area (Å²) in [5.41, 5.74) is 3.01. The predicted molar refractivity (Wildman–Crippen MR) is 71.6 cm³/mol. The van der Waals surface area contributed by atoms with Crippen LogP contribution in [0, 0.1) is 6.92 Å². The minimum atomic E-state index is -0.261. The largest absolute Gasteiger partial charge is 0.462 e. The van der Waals surface area contributed by atoms with Crippen molar-refractivity contribution in [1.82, 2.24) is 0 Å². The summed E-state index contributed by atoms with van der Waals surface area (Å²) in [7, 11) is 0. The number of esters is 1. The van der Waals surface area contributed by atoms with Crippen molar-refractivity contribution in [1.29, 1.82) is 0 Å². The van der Waals surface area contributed by atoms with Crippen LogP contribution < -0.4 is 0 Å². The fourth-order valence-electron chi connectivity index (χ4n) is 1.79. The van der Waals surface area contributed by atoms with Gasteiger partial charge in [-0.25, -0.2) is 4.79 Å². The molecule has 0 atom stereocenters. The van der Waals surface area contributed by atoms with E-state index in [2.05, 4.69) is 19.1 Å². The molecule has 0 bridgehead atoms. The highest BCUT2D eigenvalue weighted by molar-refractivity contribution is 5.89. The van der Waals surface area contributed by atoms with E-state index < -0.39 is 0 Å². The van der Waals surface area contributed by atoms with Crippen molar-refractivity contribution in [3.8, 4) is 0 Å². The van der Waals surface area contributed by atoms with Crippen LogP contribution in [0.5, 0.6) is 0 Å². The van der Waals surface area contributed by atoms with E-state index in [1.807, 2.05) is 30.3 Å². The lowest BCUT2D eigenvalue weighted by molar-refractivity contribution is 0.0509. The maximum absolute atomic E-state index is 11.7. The summed E-state index contributed by atoms with van der Waals surface area (Å²) >= 11 is 0. The molecule has 92 valence electrons. The normalized spacial score (nSPS) is 10.1. The number of hydrogen-bond donors (Lipinski definition) is 0. The summed E-state index contributed by atoms with van der Waals surface area (Å²) in [5, 5.41) is 0. The van der Waals surface area contributed by atoms with E-state index >= 15 is 0 Å². The van der Waals surface area contributed by atoms with Gasteiger partial charge in [-0.3, -0.25) is 0 Å². The smallest absolute Gasteiger partial charge is 0.338 e. The summed E-state index contributed by atoms with van der Waals surface area (Å²) < 4.78 is 5.23. The van der Waals surface area contributed by atoms with Crippen molar-refractivity contribution < 1.29 is 9.53 Å². The van der Waals surface area contributed by atoms with E-state index in [1.54, 1.807) is 12.1 Å². The van der Waals surface area contributed by atoms with Crippen molar-refractivity contribution in [2.45, 2.75) is 13.3 Å². The lowest BCUT2D eigenvalue weighted by Crippen LogP contribution is -2.08. The second-order valence-electron chi connectivity index (χ2n) is 4.24. The van der Waals surface area contributed by atoms with Gasteiger partial charge in [-0.1, -0.05) is 48.0 Å². The fraction of sp³-hybridized carbons (Fsp3) is 0.188. The van der Waals surface area contributed by atoms with Crippen LogP contribution in [0.4, 0.5) is 0 Å². The van der Waals surface area contributed by atoms with Crippen LogP contribution in [-0.4, -0.2) is 12.6 Å². The van der Waals surface area contributed by atoms with Crippen LogP contribution >= 0.6 is 0 Å². The zero-order valence-electron chi connectivity index (χ0n) is 10.4. The Morgan fingerprint density at radius 1 is 1.06 bits per heavy atom. The van der Waals surface area contributed by atoms with Crippen LogP contribution in [0.15, 0.2) is 54.6 Å². The Balaban J connectivity index is 1.84. The van der Waals surface area contributed by atoms with E-state index in [1.165, 1.54) is 11.1 Å². The molecule has 0 aliphatic rings. The van der Waals surface area contributed by atoms with Crippen LogP contribution in [0.2, 0.25) is 0 Å². The summed E-state index contributed by atoms with van der Waals surface area (Å²) in [4.78, 5) is 11.7. The van der Waals surface area contributed by atoms with E-state index in [4.69, 9.17) is 4.74 Å². The second-order valence-corrected chi connectivity index (χ2v) is 4.24. The molecule has 0 N–H and O–H groups in total. The molecule has 0 unspecified atom stereocenters. The third kappa shape index (κ3) is 3.45. The maximum Gasteiger partial charge on any atom is 0.338 e. The van der Waals surface area contributed by atoms with Crippen molar-refractivity contribution in [3.05, 3.63) is 71.3 Å². The molecule has 2 nitrogen and oxygen atoms in total. The first kappa shape index (κ1) is 12.4. The molecule has 0 aliphatic heterocycles. The van der Waals surface area contributed by atoms with Gasteiger partial charge in [0.05, 0.1) is 12.2 Å². The van der Waals surface area contributed by atoms with Gasteiger partial charge >= 0.3 is 5.97 Å². The Labute approximate surface area is 107 Å². The van der Waals surface area contributed by atoms with Crippen LogP contribution in [0.25, 0.3) is 0 Å². The molecule has 2 aromatic carbocycles. The highest BCUT2D eigenvalue weighted by Gasteiger charge is 2.05. The highest BCUT2D eigenvalue weighted by Crippen LogP contribution is 2.06. The van der Waals surface area contributed by atoms with Gasteiger partial charge in [-0.15, -0.1) is 0 Å². The Hall–Kier alpha value is -2.09. The van der Waals surface area contributed by atoms with Crippen molar-refractivity contribution >= 4 is 5.97 Å². The molecule has 2 heteroatoms. The molecule has 0 saturated carbocycles. The van der Waals surface area contributed by atoms with E-state index in [9.17, 15) is 4.79 Å². The number of rotatable bonds is 4. The lowest BCUT2D eigenvalue weighted by Gasteiger charge is -2.05. The predicted octanol–water partition coefficient (Wildman–Crippen LogP) is 3.39. The van der Waals surface area contributed by atoms with Crippen LogP contribution in [-0.2, 0) is 11.2 Å². The molecule has 0 amide bonds. The lowest BCUT2D eigenvalue weighted by atomic mass is 10.1. The standard InChI is InChI=1S/C16H16O2/c1-13-6-5-7-14(12-13)10-11-18-16(17)15-8-3-2-4-9-15/h2-9,12H,10-11H2,1H3. The zero-order valence-corrected chi connectivity index (χ0v) is 10.4. The fourth-order valence-corrected chi connectivity index (χ4v) is 1.79. The van der Waals surface area contributed by atoms with Crippen LogP contribution in [0.1, 0.15) is 21.5 Å². The Kier molecular flexibility index (Phi) is 4.13. The first-order valence-corrected chi connectivity index (χ1v) is 6.03. The summed E-state index contributed by atoms with van der Waals surface area (Å²) in [6, 6.07) is 17.3. The third-order valence-corrected chi connectivity index (χ3v) is 2.72. The SMILES string of the molecule is Cc1cccc(CCOC(=O)c2ccccc2)c1. The second kappa shape index (κ2) is 6.01. The zero-order chi connectivity index (χ0) is 12.8. The molecule has 0 saturated heterocycles. The Morgan fingerprint density at radius 3 is 2.56 bits per heavy atom. The first-order valence-electron chi connectivity index (χ1n) is 6.03. The van der Waals surface area contributed by atoms with Gasteiger partial charge in [0.25, 0.3) is 0 Å². The van der Waals surface area contributed by atoms with Gasteiger partial charge in [0, 0.05) is 6.42 Å². The van der Waals surface area contributed by atoms with Gasteiger partial charge in [0.2, 0.25) is 0 Å². The Morgan fingerprint density at radius 2 is 1.83 bits per heavy atom. The minimum absolute atomic E-state index is 0.261. The van der Waals surface area contributed by atoms with Crippen molar-refractivity contribution in [2.24, 2.45) is 0 Å². The van der Waals surface area contributed by atoms with E-state index in [-0.39, 0.29) is 5.97 Å². The number of hydrogen-bond acceptors (Lipinski definition) is 2. The maximum atomic E-state index is 11.7. The van der Waals surface area contributed by atoms with Crippen LogP contribution in [0.3, 0.4) is 0 Å². The molecule has 2 aromatic rings. The number of carbonyl (C=O) groups is 1. The third-order valence-electron chi connectivity index (χ3n) is 2.72. The minimum Gasteiger partial charge on any atom is -0.462 e. The molecule has 0 radical (unpaired) electrons. The number of aryl methyl sites for hydroxylation is 1. The Bertz CT molecular complexity index is 518. The van der Waals surface area contributed by atoms with E-state index in [0.29, 0.717) is 12.2 Å². The van der Waals surface area contributed by atoms with Gasteiger partial charge in [0.1, 0.15) is 0 Å². The number of carbonyl (C=O) groups excluding carboxylic acids is 1. The highest BCUT2D eigenvalue weighted by atomic mass is 16.5. The molecule has 0 fully saturated rings. The molecular weight excluding hydrogens is 224 g/mol. The van der Waals surface area contributed by atoms with Gasteiger partial charge in [0.15, 0.2) is 0 Å². The average molecular weight is 240 g/mol. The summed E-state index contributed by atoms with van der Waals surface area (Å²) in [5.74, 6) is -0.261. The molecule has 0 aliphatic carbocycles. The summed E-state index contributed by atoms with van der Waals surface area (Å²) in [6.07, 6.45) is 0.750.